The Labute approximate surface area is 115 Å². The van der Waals surface area contributed by atoms with Gasteiger partial charge >= 0.3 is 12.1 Å². The summed E-state index contributed by atoms with van der Waals surface area (Å²) in [6.45, 7) is 9.35. The molecule has 0 saturated heterocycles. The Bertz CT molecular complexity index is 309. The summed E-state index contributed by atoms with van der Waals surface area (Å²) in [4.78, 5) is 24.0. The molecule has 0 rings (SSSR count). The molecule has 0 spiro atoms. The quantitative estimate of drug-likeness (QED) is 0.807. The maximum atomic E-state index is 11.8. The van der Waals surface area contributed by atoms with Gasteiger partial charge < -0.3 is 14.7 Å². The number of nitrogens with zero attached hydrogens (tertiary/aromatic N) is 1. The van der Waals surface area contributed by atoms with Crippen LogP contribution in [0.3, 0.4) is 0 Å². The lowest BCUT2D eigenvalue weighted by atomic mass is 9.99. The van der Waals surface area contributed by atoms with Gasteiger partial charge in [-0.2, -0.15) is 0 Å². The molecule has 2 atom stereocenters. The summed E-state index contributed by atoms with van der Waals surface area (Å²) in [6, 6.07) is 0.0334. The van der Waals surface area contributed by atoms with Crippen LogP contribution in [0.15, 0.2) is 0 Å². The van der Waals surface area contributed by atoms with Crippen molar-refractivity contribution in [1.29, 1.82) is 0 Å². The second kappa shape index (κ2) is 7.36. The molecule has 0 aromatic rings. The Morgan fingerprint density at radius 1 is 1.21 bits per heavy atom. The van der Waals surface area contributed by atoms with Crippen molar-refractivity contribution in [1.82, 2.24) is 4.90 Å². The van der Waals surface area contributed by atoms with Gasteiger partial charge in [-0.05, 0) is 46.5 Å². The number of carbonyl (C=O) groups excluding carboxylic acids is 1. The Morgan fingerprint density at radius 2 is 1.74 bits per heavy atom. The maximum Gasteiger partial charge on any atom is 0.410 e. The summed E-state index contributed by atoms with van der Waals surface area (Å²) in [5.41, 5.74) is -0.498. The molecule has 0 radical (unpaired) electrons. The molecule has 112 valence electrons. The molecule has 0 fully saturated rings. The van der Waals surface area contributed by atoms with E-state index in [2.05, 4.69) is 0 Å². The van der Waals surface area contributed by atoms with Crippen molar-refractivity contribution in [3.63, 3.8) is 0 Å². The minimum absolute atomic E-state index is 0.0334. The van der Waals surface area contributed by atoms with Crippen LogP contribution in [-0.4, -0.2) is 40.8 Å². The third-order valence-corrected chi connectivity index (χ3v) is 2.94. The zero-order valence-corrected chi connectivity index (χ0v) is 12.9. The maximum absolute atomic E-state index is 11.8. The van der Waals surface area contributed by atoms with Gasteiger partial charge in [-0.1, -0.05) is 6.92 Å². The van der Waals surface area contributed by atoms with Crippen LogP contribution in [-0.2, 0) is 9.53 Å². The Balaban J connectivity index is 4.16. The first-order chi connectivity index (χ1) is 8.53. The van der Waals surface area contributed by atoms with Gasteiger partial charge in [0.25, 0.3) is 0 Å². The third-order valence-electron chi connectivity index (χ3n) is 2.94. The number of carbonyl (C=O) groups is 2. The predicted molar refractivity (Wildman–Crippen MR) is 74.1 cm³/mol. The third kappa shape index (κ3) is 8.46. The fraction of sp³-hybridized carbons (Fsp3) is 0.857. The Kier molecular flexibility index (Phi) is 6.87. The fourth-order valence-electron chi connectivity index (χ4n) is 1.63. The van der Waals surface area contributed by atoms with Crippen molar-refractivity contribution in [3.8, 4) is 0 Å². The van der Waals surface area contributed by atoms with Crippen molar-refractivity contribution in [2.75, 3.05) is 7.05 Å². The second-order valence-corrected chi connectivity index (χ2v) is 6.22. The molecular weight excluding hydrogens is 246 g/mol. The smallest absolute Gasteiger partial charge is 0.410 e. The minimum atomic E-state index is -0.777. The van der Waals surface area contributed by atoms with Crippen LogP contribution in [0.2, 0.25) is 0 Å². The van der Waals surface area contributed by atoms with Gasteiger partial charge in [-0.25, -0.2) is 4.79 Å². The highest BCUT2D eigenvalue weighted by Crippen LogP contribution is 2.16. The van der Waals surface area contributed by atoms with Crippen molar-refractivity contribution in [2.45, 2.75) is 65.5 Å². The monoisotopic (exact) mass is 273 g/mol. The van der Waals surface area contributed by atoms with Crippen molar-refractivity contribution in [2.24, 2.45) is 5.92 Å². The predicted octanol–water partition coefficient (Wildman–Crippen LogP) is 3.13. The summed E-state index contributed by atoms with van der Waals surface area (Å²) in [5.74, 6) is -0.660. The number of amides is 1. The van der Waals surface area contributed by atoms with E-state index in [0.29, 0.717) is 0 Å². The molecule has 19 heavy (non-hydrogen) atoms. The van der Waals surface area contributed by atoms with Crippen LogP contribution >= 0.6 is 0 Å². The number of hydrogen-bond acceptors (Lipinski definition) is 3. The average Bonchev–Trinajstić information content (AvgIpc) is 2.21. The first-order valence-electron chi connectivity index (χ1n) is 6.70. The summed E-state index contributed by atoms with van der Waals surface area (Å²) >= 11 is 0. The largest absolute Gasteiger partial charge is 0.481 e. The molecular formula is C14H27NO4. The van der Waals surface area contributed by atoms with Gasteiger partial charge in [0.2, 0.25) is 0 Å². The molecule has 0 unspecified atom stereocenters. The number of carboxylic acid groups (broad SMARTS) is 1. The van der Waals surface area contributed by atoms with Crippen LogP contribution in [0.5, 0.6) is 0 Å². The van der Waals surface area contributed by atoms with Gasteiger partial charge in [0, 0.05) is 19.5 Å². The van der Waals surface area contributed by atoms with E-state index in [1.54, 1.807) is 11.9 Å². The molecule has 0 aromatic heterocycles. The van der Waals surface area contributed by atoms with E-state index in [1.807, 2.05) is 34.6 Å². The first kappa shape index (κ1) is 17.7. The highest BCUT2D eigenvalue weighted by Gasteiger charge is 2.23. The number of hydrogen-bond donors (Lipinski definition) is 1. The van der Waals surface area contributed by atoms with Gasteiger partial charge in [0.15, 0.2) is 0 Å². The highest BCUT2D eigenvalue weighted by molar-refractivity contribution is 5.68. The molecule has 0 aliphatic heterocycles. The summed E-state index contributed by atoms with van der Waals surface area (Å²) in [5, 5.41) is 8.69. The second-order valence-electron chi connectivity index (χ2n) is 6.22. The highest BCUT2D eigenvalue weighted by atomic mass is 16.6. The van der Waals surface area contributed by atoms with Crippen LogP contribution in [0.4, 0.5) is 4.79 Å². The Morgan fingerprint density at radius 3 is 2.16 bits per heavy atom. The summed E-state index contributed by atoms with van der Waals surface area (Å²) < 4.78 is 5.28. The summed E-state index contributed by atoms with van der Waals surface area (Å²) in [7, 11) is 1.71. The van der Waals surface area contributed by atoms with Crippen molar-refractivity contribution >= 4 is 12.1 Å². The lowest BCUT2D eigenvalue weighted by Gasteiger charge is -2.29. The lowest BCUT2D eigenvalue weighted by molar-refractivity contribution is -0.138. The van der Waals surface area contributed by atoms with E-state index in [-0.39, 0.29) is 24.5 Å². The molecule has 5 heteroatoms. The molecule has 0 heterocycles. The lowest BCUT2D eigenvalue weighted by Crippen LogP contribution is -2.39. The number of carboxylic acids is 1. The topological polar surface area (TPSA) is 66.8 Å². The zero-order valence-electron chi connectivity index (χ0n) is 12.9. The van der Waals surface area contributed by atoms with E-state index in [1.165, 1.54) is 0 Å². The van der Waals surface area contributed by atoms with Gasteiger partial charge in [0.05, 0.1) is 0 Å². The minimum Gasteiger partial charge on any atom is -0.481 e. The van der Waals surface area contributed by atoms with Gasteiger partial charge in [-0.15, -0.1) is 0 Å². The van der Waals surface area contributed by atoms with Crippen LogP contribution in [0, 0.1) is 5.92 Å². The molecule has 0 bridgehead atoms. The van der Waals surface area contributed by atoms with Gasteiger partial charge in [-0.3, -0.25) is 4.79 Å². The van der Waals surface area contributed by atoms with E-state index >= 15 is 0 Å². The Hall–Kier alpha value is -1.26. The average molecular weight is 273 g/mol. The van der Waals surface area contributed by atoms with Crippen molar-refractivity contribution < 1.29 is 19.4 Å². The van der Waals surface area contributed by atoms with Gasteiger partial charge in [0.1, 0.15) is 5.60 Å². The van der Waals surface area contributed by atoms with Crippen molar-refractivity contribution in [3.05, 3.63) is 0 Å². The number of aliphatic carboxylic acids is 1. The van der Waals surface area contributed by atoms with E-state index in [4.69, 9.17) is 9.84 Å². The SMILES string of the molecule is C[C@H](CC[C@H](C)N(C)C(=O)OC(C)(C)C)CC(=O)O. The van der Waals surface area contributed by atoms with Crippen LogP contribution in [0.1, 0.15) is 53.9 Å². The van der Waals surface area contributed by atoms with E-state index in [9.17, 15) is 9.59 Å². The van der Waals surface area contributed by atoms with Crippen LogP contribution in [0.25, 0.3) is 0 Å². The standard InChI is InChI=1S/C14H27NO4/c1-10(9-12(16)17)7-8-11(2)15(6)13(18)19-14(3,4)5/h10-11H,7-9H2,1-6H3,(H,16,17)/t10-,11+/m1/s1. The fourth-order valence-corrected chi connectivity index (χ4v) is 1.63. The summed E-state index contributed by atoms with van der Waals surface area (Å²) in [6.07, 6.45) is 1.37. The normalized spacial score (nSPS) is 14.6. The molecule has 1 amide bonds. The van der Waals surface area contributed by atoms with E-state index in [0.717, 1.165) is 12.8 Å². The zero-order chi connectivity index (χ0) is 15.2. The van der Waals surface area contributed by atoms with E-state index < -0.39 is 11.6 Å². The molecule has 0 aliphatic carbocycles. The molecule has 5 nitrogen and oxygen atoms in total. The molecule has 1 N–H and O–H groups in total. The molecule has 0 aliphatic rings. The van der Waals surface area contributed by atoms with Crippen LogP contribution < -0.4 is 0 Å². The molecule has 0 aromatic carbocycles. The number of ether oxygens (including phenoxy) is 1. The molecule has 0 saturated carbocycles. The number of rotatable bonds is 6. The first-order valence-corrected chi connectivity index (χ1v) is 6.70.